The summed E-state index contributed by atoms with van der Waals surface area (Å²) in [5.74, 6) is -2.49. The van der Waals surface area contributed by atoms with Crippen LogP contribution in [0.2, 0.25) is 0 Å². The summed E-state index contributed by atoms with van der Waals surface area (Å²) >= 11 is 2.11. The number of ether oxygens (including phenoxy) is 5. The SMILES string of the molecule is CCN1C[C@]2(COC(=O)c3cc([125I])ccc3N3C(=O)C[C@H](C)C3=O)CC[C@H](OC)[C@]34C5C[C@@H]6[C@@H](OC)C[C@@](O)(C5[C@H]6OC)[C@@](O)(C13)[C@@H](OC)C24. The molecule has 5 saturated carbocycles. The van der Waals surface area contributed by atoms with Crippen molar-refractivity contribution in [2.24, 2.45) is 40.4 Å². The van der Waals surface area contributed by atoms with Gasteiger partial charge in [0.05, 0.1) is 48.3 Å². The Morgan fingerprint density at radius 2 is 1.84 bits per heavy atom. The van der Waals surface area contributed by atoms with E-state index < -0.39 is 46.1 Å². The monoisotopic (exact) mass is 806 g/mol. The molecule has 4 unspecified atom stereocenters. The van der Waals surface area contributed by atoms with Crippen molar-refractivity contribution in [1.29, 1.82) is 0 Å². The number of aliphatic hydroxyl groups is 2. The van der Waals surface area contributed by atoms with Gasteiger partial charge in [0.1, 0.15) is 11.2 Å². The number of hydrogen-bond acceptors (Lipinski definition) is 11. The fraction of sp³-hybridized carbons (Fsp3) is 0.757. The fourth-order valence-electron chi connectivity index (χ4n) is 13.2. The van der Waals surface area contributed by atoms with E-state index in [1.165, 1.54) is 0 Å². The molecule has 5 aliphatic carbocycles. The Morgan fingerprint density at radius 1 is 1.08 bits per heavy atom. The van der Waals surface area contributed by atoms with Crippen molar-refractivity contribution in [3.05, 3.63) is 27.3 Å². The number of carbonyl (C=O) groups excluding carboxylic acids is 3. The van der Waals surface area contributed by atoms with Crippen LogP contribution in [0, 0.1) is 44.0 Å². The Bertz CT molecular complexity index is 1610. The zero-order chi connectivity index (χ0) is 35.7. The quantitative estimate of drug-likeness (QED) is 0.216. The second kappa shape index (κ2) is 11.9. The number of piperidine rings is 1. The molecular weight excluding hydrogens is 757 g/mol. The Morgan fingerprint density at radius 3 is 2.46 bits per heavy atom. The summed E-state index contributed by atoms with van der Waals surface area (Å²) in [7, 11) is 6.71. The summed E-state index contributed by atoms with van der Waals surface area (Å²) in [4.78, 5) is 43.6. The molecule has 7 aliphatic rings. The van der Waals surface area contributed by atoms with Crippen LogP contribution in [0.5, 0.6) is 0 Å². The highest BCUT2D eigenvalue weighted by Crippen LogP contribution is 2.80. The number of likely N-dealkylation sites (N-methyl/N-ethyl adjacent to an activating group) is 1. The molecule has 2 heterocycles. The highest BCUT2D eigenvalue weighted by molar-refractivity contribution is 14.1. The summed E-state index contributed by atoms with van der Waals surface area (Å²) in [6.07, 6.45) is 0.792. The number of hydrogen-bond donors (Lipinski definition) is 2. The molecule has 1 spiro atoms. The Balaban J connectivity index is 1.24. The van der Waals surface area contributed by atoms with Gasteiger partial charge in [-0.1, -0.05) is 13.8 Å². The van der Waals surface area contributed by atoms with Gasteiger partial charge in [-0.3, -0.25) is 14.5 Å². The van der Waals surface area contributed by atoms with Gasteiger partial charge in [-0.25, -0.2) is 9.69 Å². The number of esters is 1. The number of methoxy groups -OCH3 is 4. The van der Waals surface area contributed by atoms with E-state index in [1.54, 1.807) is 53.6 Å². The first-order chi connectivity index (χ1) is 23.8. The van der Waals surface area contributed by atoms with Crippen molar-refractivity contribution in [2.75, 3.05) is 53.0 Å². The number of likely N-dealkylation sites (tertiary alicyclic amines) is 1. The summed E-state index contributed by atoms with van der Waals surface area (Å²) in [6, 6.07) is 4.59. The van der Waals surface area contributed by atoms with Crippen LogP contribution in [0.3, 0.4) is 0 Å². The number of fused-ring (bicyclic) bond motifs is 2. The van der Waals surface area contributed by atoms with E-state index in [0.717, 1.165) is 14.9 Å². The molecule has 7 bridgehead atoms. The van der Waals surface area contributed by atoms with Crippen LogP contribution >= 0.6 is 22.6 Å². The molecule has 2 aliphatic heterocycles. The summed E-state index contributed by atoms with van der Waals surface area (Å²) < 4.78 is 32.2. The van der Waals surface area contributed by atoms with E-state index >= 15 is 0 Å². The zero-order valence-electron chi connectivity index (χ0n) is 29.6. The molecule has 1 aromatic rings. The topological polar surface area (TPSA) is 144 Å². The van der Waals surface area contributed by atoms with E-state index in [2.05, 4.69) is 34.4 Å². The average Bonchev–Trinajstić information content (AvgIpc) is 3.63. The maximum Gasteiger partial charge on any atom is 0.340 e. The third-order valence-corrected chi connectivity index (χ3v) is 15.3. The van der Waals surface area contributed by atoms with Gasteiger partial charge in [-0.2, -0.15) is 0 Å². The number of amides is 2. The van der Waals surface area contributed by atoms with Crippen LogP contribution < -0.4 is 4.90 Å². The standard InChI is InChI=1S/C37H49IN2O10/c1-7-39-16-34(17-50-32(43)20-13-19(38)8-9-23(20)40-26(41)12-18(2)31(40)42)11-10-25(47-4)36-22-14-21-24(46-3)15-35(44,27(22)28(21)48-5)37(45,33(36)39)30(49-6)29(34)36/h8-9,13,18,21-22,24-25,27-30,33,44-45H,7,10-12,14-17H2,1-6H3/t18-,21+,22?,24-,25-,27?,28-,29?,30-,33?,34-,35+,36-,37-/m0/s1/i38-2. The Hall–Kier alpha value is -1.72. The van der Waals surface area contributed by atoms with Crippen LogP contribution in [-0.4, -0.2) is 123 Å². The van der Waals surface area contributed by atoms with E-state index in [9.17, 15) is 24.6 Å². The number of anilines is 1. The van der Waals surface area contributed by atoms with Crippen molar-refractivity contribution in [2.45, 2.75) is 87.6 Å². The first-order valence-corrected chi connectivity index (χ1v) is 19.1. The van der Waals surface area contributed by atoms with Crippen LogP contribution in [0.4, 0.5) is 5.69 Å². The molecule has 274 valence electrons. The minimum atomic E-state index is -1.70. The lowest BCUT2D eigenvalue weighted by atomic mass is 9.42. The van der Waals surface area contributed by atoms with Gasteiger partial charge in [-0.05, 0) is 72.5 Å². The summed E-state index contributed by atoms with van der Waals surface area (Å²) in [6.45, 7) is 4.95. The second-order valence-electron chi connectivity index (χ2n) is 16.1. The second-order valence-corrected chi connectivity index (χ2v) is 17.3. The van der Waals surface area contributed by atoms with Gasteiger partial charge in [0.2, 0.25) is 11.8 Å². The summed E-state index contributed by atoms with van der Waals surface area (Å²) in [5, 5.41) is 26.6. The number of nitrogens with zero attached hydrogens (tertiary/aromatic N) is 2. The maximum atomic E-state index is 14.2. The molecule has 2 amide bonds. The van der Waals surface area contributed by atoms with Gasteiger partial charge in [-0.15, -0.1) is 0 Å². The van der Waals surface area contributed by atoms with Gasteiger partial charge in [0, 0.05) is 85.9 Å². The molecular formula is C37H49IN2O10. The first kappa shape index (κ1) is 35.3. The Labute approximate surface area is 306 Å². The number of imide groups is 1. The third-order valence-electron chi connectivity index (χ3n) is 14.6. The van der Waals surface area contributed by atoms with E-state index in [4.69, 9.17) is 23.7 Å². The largest absolute Gasteiger partial charge is 0.461 e. The fourth-order valence-corrected chi connectivity index (χ4v) is 13.7. The van der Waals surface area contributed by atoms with Crippen molar-refractivity contribution in [3.63, 3.8) is 0 Å². The third kappa shape index (κ3) is 4.09. The molecule has 14 atom stereocenters. The van der Waals surface area contributed by atoms with E-state index in [-0.39, 0.29) is 84.5 Å². The zero-order valence-corrected chi connectivity index (χ0v) is 31.8. The van der Waals surface area contributed by atoms with Crippen LogP contribution in [0.1, 0.15) is 56.3 Å². The minimum absolute atomic E-state index is 0.0324. The van der Waals surface area contributed by atoms with Crippen molar-refractivity contribution < 1.29 is 48.3 Å². The average molecular weight is 807 g/mol. The summed E-state index contributed by atoms with van der Waals surface area (Å²) in [5.41, 5.74) is -4.18. The van der Waals surface area contributed by atoms with Crippen molar-refractivity contribution in [3.8, 4) is 0 Å². The van der Waals surface area contributed by atoms with Crippen molar-refractivity contribution >= 4 is 46.1 Å². The van der Waals surface area contributed by atoms with Crippen LogP contribution in [0.15, 0.2) is 18.2 Å². The number of rotatable bonds is 9. The maximum absolute atomic E-state index is 14.2. The lowest BCUT2D eigenvalue weighted by Gasteiger charge is -2.70. The normalized spacial score (nSPS) is 47.3. The molecule has 50 heavy (non-hydrogen) atoms. The molecule has 7 fully saturated rings. The van der Waals surface area contributed by atoms with Crippen LogP contribution in [0.25, 0.3) is 0 Å². The van der Waals surface area contributed by atoms with Gasteiger partial charge in [0.15, 0.2) is 0 Å². The van der Waals surface area contributed by atoms with E-state index in [1.807, 2.05) is 0 Å². The van der Waals surface area contributed by atoms with Gasteiger partial charge >= 0.3 is 5.97 Å². The number of carbonyl (C=O) groups is 3. The number of halogens is 1. The molecule has 8 rings (SSSR count). The predicted octanol–water partition coefficient (Wildman–Crippen LogP) is 2.64. The number of benzene rings is 1. The minimum Gasteiger partial charge on any atom is -0.461 e. The highest BCUT2D eigenvalue weighted by Gasteiger charge is 2.91. The molecule has 2 N–H and O–H groups in total. The smallest absolute Gasteiger partial charge is 0.340 e. The first-order valence-electron chi connectivity index (χ1n) is 18.0. The molecule has 0 aromatic heterocycles. The van der Waals surface area contributed by atoms with Gasteiger partial charge < -0.3 is 33.9 Å². The molecule has 13 heteroatoms. The molecule has 1 aromatic carbocycles. The van der Waals surface area contributed by atoms with Crippen LogP contribution in [-0.2, 0) is 33.3 Å². The molecule has 12 nitrogen and oxygen atoms in total. The van der Waals surface area contributed by atoms with E-state index in [0.29, 0.717) is 25.9 Å². The highest BCUT2D eigenvalue weighted by atomic mass is 125. The van der Waals surface area contributed by atoms with Gasteiger partial charge in [0.25, 0.3) is 0 Å². The molecule has 2 saturated heterocycles. The Kier molecular flexibility index (Phi) is 8.40. The predicted molar refractivity (Wildman–Crippen MR) is 187 cm³/mol. The van der Waals surface area contributed by atoms with Crippen molar-refractivity contribution in [1.82, 2.24) is 4.90 Å². The lowest BCUT2D eigenvalue weighted by molar-refractivity contribution is -0.320. The molecule has 0 radical (unpaired) electrons. The lowest BCUT2D eigenvalue weighted by Crippen LogP contribution is -2.82.